The Hall–Kier alpha value is -2.30. The predicted molar refractivity (Wildman–Crippen MR) is 64.2 cm³/mol. The lowest BCUT2D eigenvalue weighted by molar-refractivity contribution is 0.0692. The summed E-state index contributed by atoms with van der Waals surface area (Å²) in [6.07, 6.45) is 3.18. The summed E-state index contributed by atoms with van der Waals surface area (Å²) in [5, 5.41) is 8.74. The molecule has 0 atom stereocenters. The fourth-order valence-corrected chi connectivity index (χ4v) is 1.66. The van der Waals surface area contributed by atoms with Gasteiger partial charge in [0.25, 0.3) is 0 Å². The van der Waals surface area contributed by atoms with Crippen molar-refractivity contribution in [3.8, 4) is 0 Å². The van der Waals surface area contributed by atoms with Crippen molar-refractivity contribution < 1.29 is 18.7 Å². The number of furan rings is 1. The second-order valence-electron chi connectivity index (χ2n) is 3.96. The summed E-state index contributed by atoms with van der Waals surface area (Å²) in [4.78, 5) is 12.5. The summed E-state index contributed by atoms with van der Waals surface area (Å²) >= 11 is 0. The summed E-state index contributed by atoms with van der Waals surface area (Å²) < 4.78 is 18.5. The van der Waals surface area contributed by atoms with Gasteiger partial charge in [0.2, 0.25) is 0 Å². The summed E-state index contributed by atoms with van der Waals surface area (Å²) in [7, 11) is 1.79. The molecule has 0 aliphatic heterocycles. The van der Waals surface area contributed by atoms with Crippen molar-refractivity contribution in [1.29, 1.82) is 0 Å². The molecule has 0 aliphatic carbocycles. The van der Waals surface area contributed by atoms with Gasteiger partial charge in [0.15, 0.2) is 0 Å². The van der Waals surface area contributed by atoms with Crippen LogP contribution in [0.5, 0.6) is 0 Å². The molecule has 1 aromatic heterocycles. The predicted octanol–water partition coefficient (Wildman–Crippen LogP) is 2.75. The Labute approximate surface area is 103 Å². The molecule has 2 aromatic rings. The van der Waals surface area contributed by atoms with Gasteiger partial charge >= 0.3 is 5.97 Å². The number of anilines is 1. The number of hydrogen-bond acceptors (Lipinski definition) is 3. The number of carboxylic acid groups (broad SMARTS) is 1. The van der Waals surface area contributed by atoms with Crippen LogP contribution in [0, 0.1) is 5.82 Å². The van der Waals surface area contributed by atoms with Crippen molar-refractivity contribution in [3.63, 3.8) is 0 Å². The van der Waals surface area contributed by atoms with Crippen LogP contribution in [0.15, 0.2) is 41.2 Å². The highest BCUT2D eigenvalue weighted by molar-refractivity contribution is 5.88. The molecule has 0 spiro atoms. The van der Waals surface area contributed by atoms with Crippen LogP contribution < -0.4 is 4.90 Å². The third-order valence-corrected chi connectivity index (χ3v) is 2.62. The number of benzene rings is 1. The molecule has 1 N–H and O–H groups in total. The molecule has 0 unspecified atom stereocenters. The highest BCUT2D eigenvalue weighted by Crippen LogP contribution is 2.19. The van der Waals surface area contributed by atoms with E-state index in [-0.39, 0.29) is 5.56 Å². The molecule has 0 saturated heterocycles. The first kappa shape index (κ1) is 12.2. The number of carboxylic acids is 1. The Kier molecular flexibility index (Phi) is 3.32. The normalized spacial score (nSPS) is 10.3. The zero-order valence-electron chi connectivity index (χ0n) is 9.76. The molecule has 5 heteroatoms. The largest absolute Gasteiger partial charge is 0.478 e. The van der Waals surface area contributed by atoms with Crippen molar-refractivity contribution in [2.75, 3.05) is 11.9 Å². The van der Waals surface area contributed by atoms with E-state index in [0.717, 1.165) is 5.56 Å². The van der Waals surface area contributed by atoms with E-state index in [9.17, 15) is 9.18 Å². The summed E-state index contributed by atoms with van der Waals surface area (Å²) in [5.41, 5.74) is 1.24. The Morgan fingerprint density at radius 2 is 2.22 bits per heavy atom. The number of nitrogens with zero attached hydrogens (tertiary/aromatic N) is 1. The molecular formula is C13H12FNO3. The van der Waals surface area contributed by atoms with E-state index in [1.54, 1.807) is 30.5 Å². The molecule has 4 nitrogen and oxygen atoms in total. The maximum atomic E-state index is 13.5. The zero-order valence-corrected chi connectivity index (χ0v) is 9.76. The molecule has 0 radical (unpaired) electrons. The van der Waals surface area contributed by atoms with Gasteiger partial charge in [-0.1, -0.05) is 0 Å². The van der Waals surface area contributed by atoms with E-state index in [1.807, 2.05) is 6.07 Å². The van der Waals surface area contributed by atoms with Gasteiger partial charge < -0.3 is 14.4 Å². The molecule has 2 rings (SSSR count). The number of rotatable bonds is 4. The van der Waals surface area contributed by atoms with Crippen LogP contribution in [0.3, 0.4) is 0 Å². The molecule has 94 valence electrons. The highest BCUT2D eigenvalue weighted by atomic mass is 19.1. The zero-order chi connectivity index (χ0) is 13.1. The Morgan fingerprint density at radius 1 is 1.44 bits per heavy atom. The standard InChI is InChI=1S/C13H12FNO3/c1-15(7-9-4-5-18-8-9)10-2-3-11(13(16)17)12(14)6-10/h2-6,8H,7H2,1H3,(H,16,17). The molecule has 1 aromatic carbocycles. The van der Waals surface area contributed by atoms with E-state index in [2.05, 4.69) is 0 Å². The van der Waals surface area contributed by atoms with E-state index in [4.69, 9.17) is 9.52 Å². The smallest absolute Gasteiger partial charge is 0.338 e. The van der Waals surface area contributed by atoms with Crippen molar-refractivity contribution in [1.82, 2.24) is 0 Å². The van der Waals surface area contributed by atoms with Crippen LogP contribution >= 0.6 is 0 Å². The lowest BCUT2D eigenvalue weighted by Gasteiger charge is -2.18. The van der Waals surface area contributed by atoms with E-state index >= 15 is 0 Å². The summed E-state index contributed by atoms with van der Waals surface area (Å²) in [6, 6.07) is 5.87. The molecular weight excluding hydrogens is 237 g/mol. The number of aromatic carboxylic acids is 1. The van der Waals surface area contributed by atoms with Crippen LogP contribution in [0.25, 0.3) is 0 Å². The maximum Gasteiger partial charge on any atom is 0.338 e. The second kappa shape index (κ2) is 4.91. The minimum atomic E-state index is -1.27. The van der Waals surface area contributed by atoms with Crippen LogP contribution in [0.2, 0.25) is 0 Å². The Balaban J connectivity index is 2.18. The minimum Gasteiger partial charge on any atom is -0.478 e. The van der Waals surface area contributed by atoms with Gasteiger partial charge in [-0.25, -0.2) is 9.18 Å². The Bertz CT molecular complexity index is 551. The minimum absolute atomic E-state index is 0.324. The van der Waals surface area contributed by atoms with E-state index in [1.165, 1.54) is 12.1 Å². The molecule has 0 saturated carbocycles. The second-order valence-corrected chi connectivity index (χ2v) is 3.96. The highest BCUT2D eigenvalue weighted by Gasteiger charge is 2.12. The van der Waals surface area contributed by atoms with E-state index < -0.39 is 11.8 Å². The third kappa shape index (κ3) is 2.51. The maximum absolute atomic E-state index is 13.5. The van der Waals surface area contributed by atoms with Crippen LogP contribution in [-0.2, 0) is 6.54 Å². The van der Waals surface area contributed by atoms with Gasteiger partial charge in [0, 0.05) is 24.8 Å². The fraction of sp³-hybridized carbons (Fsp3) is 0.154. The molecule has 1 heterocycles. The third-order valence-electron chi connectivity index (χ3n) is 2.62. The quantitative estimate of drug-likeness (QED) is 0.905. The first-order chi connectivity index (χ1) is 8.58. The lowest BCUT2D eigenvalue weighted by Crippen LogP contribution is -2.16. The fourth-order valence-electron chi connectivity index (χ4n) is 1.66. The number of halogens is 1. The molecule has 0 aliphatic rings. The van der Waals surface area contributed by atoms with Gasteiger partial charge in [0.05, 0.1) is 18.1 Å². The molecule has 0 fully saturated rings. The topological polar surface area (TPSA) is 53.7 Å². The first-order valence-corrected chi connectivity index (χ1v) is 5.33. The lowest BCUT2D eigenvalue weighted by atomic mass is 10.2. The van der Waals surface area contributed by atoms with Gasteiger partial charge in [0.1, 0.15) is 5.82 Å². The molecule has 18 heavy (non-hydrogen) atoms. The van der Waals surface area contributed by atoms with Gasteiger partial charge in [-0.05, 0) is 24.3 Å². The van der Waals surface area contributed by atoms with Crippen molar-refractivity contribution in [2.24, 2.45) is 0 Å². The van der Waals surface area contributed by atoms with Crippen molar-refractivity contribution in [3.05, 3.63) is 53.7 Å². The van der Waals surface area contributed by atoms with Crippen LogP contribution in [-0.4, -0.2) is 18.1 Å². The first-order valence-electron chi connectivity index (χ1n) is 5.33. The van der Waals surface area contributed by atoms with Crippen molar-refractivity contribution >= 4 is 11.7 Å². The monoisotopic (exact) mass is 249 g/mol. The Morgan fingerprint density at radius 3 is 2.78 bits per heavy atom. The molecule has 0 bridgehead atoms. The van der Waals surface area contributed by atoms with Crippen molar-refractivity contribution in [2.45, 2.75) is 6.54 Å². The summed E-state index contributed by atoms with van der Waals surface area (Å²) in [6.45, 7) is 0.558. The van der Waals surface area contributed by atoms with Crippen LogP contribution in [0.1, 0.15) is 15.9 Å². The number of carbonyl (C=O) groups is 1. The van der Waals surface area contributed by atoms with Crippen LogP contribution in [0.4, 0.5) is 10.1 Å². The van der Waals surface area contributed by atoms with E-state index in [0.29, 0.717) is 12.2 Å². The van der Waals surface area contributed by atoms with Gasteiger partial charge in [-0.3, -0.25) is 0 Å². The average molecular weight is 249 g/mol. The van der Waals surface area contributed by atoms with Gasteiger partial charge in [-0.2, -0.15) is 0 Å². The molecule has 0 amide bonds. The summed E-state index contributed by atoms with van der Waals surface area (Å²) in [5.74, 6) is -2.00. The average Bonchev–Trinajstić information content (AvgIpc) is 2.81. The number of hydrogen-bond donors (Lipinski definition) is 1. The van der Waals surface area contributed by atoms with Gasteiger partial charge in [-0.15, -0.1) is 0 Å². The SMILES string of the molecule is CN(Cc1ccoc1)c1ccc(C(=O)O)c(F)c1.